The highest BCUT2D eigenvalue weighted by molar-refractivity contribution is 6.33. The van der Waals surface area contributed by atoms with Crippen LogP contribution in [0.4, 0.5) is 0 Å². The Labute approximate surface area is 214 Å². The number of halogens is 2. The molecule has 0 unspecified atom stereocenters. The molecule has 0 radical (unpaired) electrons. The summed E-state index contributed by atoms with van der Waals surface area (Å²) in [5, 5.41) is 4.13. The molecule has 3 aromatic rings. The van der Waals surface area contributed by atoms with Crippen molar-refractivity contribution in [2.45, 2.75) is 18.4 Å². The molecule has 1 aliphatic rings. The largest absolute Gasteiger partial charge is 0.493 e. The number of methoxy groups -OCH3 is 2. The van der Waals surface area contributed by atoms with Crippen molar-refractivity contribution in [3.63, 3.8) is 0 Å². The predicted octanol–water partition coefficient (Wildman–Crippen LogP) is 5.44. The molecule has 1 N–H and O–H groups in total. The maximum Gasteiger partial charge on any atom is 0.254 e. The fourth-order valence-electron chi connectivity index (χ4n) is 4.43. The van der Waals surface area contributed by atoms with Crippen molar-refractivity contribution < 1.29 is 19.1 Å². The number of nitrogens with zero attached hydrogens (tertiary/aromatic N) is 1. The molecule has 1 saturated heterocycles. The summed E-state index contributed by atoms with van der Waals surface area (Å²) >= 11 is 12.5. The third-order valence-electron chi connectivity index (χ3n) is 6.24. The summed E-state index contributed by atoms with van der Waals surface area (Å²) in [6, 6.07) is 19.4. The average molecular weight is 513 g/mol. The minimum Gasteiger partial charge on any atom is -0.493 e. The highest BCUT2D eigenvalue weighted by Gasteiger charge is 2.34. The van der Waals surface area contributed by atoms with Gasteiger partial charge in [-0.05, 0) is 54.4 Å². The topological polar surface area (TPSA) is 67.9 Å². The molecule has 0 spiro atoms. The average Bonchev–Trinajstić information content (AvgIpc) is 2.88. The van der Waals surface area contributed by atoms with E-state index in [-0.39, 0.29) is 23.8 Å². The van der Waals surface area contributed by atoms with Crippen molar-refractivity contribution in [1.29, 1.82) is 0 Å². The monoisotopic (exact) mass is 512 g/mol. The molecule has 2 amide bonds. The molecule has 1 heterocycles. The smallest absolute Gasteiger partial charge is 0.254 e. The second kappa shape index (κ2) is 11.0. The standard InChI is InChI=1S/C27H26Cl2N2O4/c1-34-24-11-10-18(15-25(24)35-2)27(33)31-13-12-23(21(16-31)17-6-5-7-19(28)14-17)30-26(32)20-8-3-4-9-22(20)29/h3-11,14-15,21,23H,12-13,16H2,1-2H3,(H,30,32)/t21-,23+/m1/s1. The summed E-state index contributed by atoms with van der Waals surface area (Å²) in [7, 11) is 3.09. The molecule has 35 heavy (non-hydrogen) atoms. The number of carbonyl (C=O) groups excluding carboxylic acids is 2. The zero-order valence-corrected chi connectivity index (χ0v) is 21.0. The van der Waals surface area contributed by atoms with Gasteiger partial charge in [0.2, 0.25) is 0 Å². The Morgan fingerprint density at radius 2 is 1.71 bits per heavy atom. The van der Waals surface area contributed by atoms with Crippen LogP contribution in [-0.2, 0) is 0 Å². The lowest BCUT2D eigenvalue weighted by Crippen LogP contribution is -2.51. The summed E-state index contributed by atoms with van der Waals surface area (Å²) in [6.45, 7) is 0.901. The fraction of sp³-hybridized carbons (Fsp3) is 0.259. The molecule has 0 saturated carbocycles. The number of hydrogen-bond donors (Lipinski definition) is 1. The third kappa shape index (κ3) is 5.55. The molecule has 1 aliphatic heterocycles. The van der Waals surface area contributed by atoms with E-state index in [2.05, 4.69) is 5.32 Å². The molecule has 1 fully saturated rings. The Morgan fingerprint density at radius 3 is 2.43 bits per heavy atom. The number of nitrogens with one attached hydrogen (secondary N) is 1. The first kappa shape index (κ1) is 24.9. The number of rotatable bonds is 6. The Bertz CT molecular complexity index is 1230. The minimum absolute atomic E-state index is 0.117. The second-order valence-electron chi connectivity index (χ2n) is 8.33. The summed E-state index contributed by atoms with van der Waals surface area (Å²) in [5.41, 5.74) is 1.88. The molecule has 6 nitrogen and oxygen atoms in total. The fourth-order valence-corrected chi connectivity index (χ4v) is 4.85. The molecule has 8 heteroatoms. The second-order valence-corrected chi connectivity index (χ2v) is 9.17. The quantitative estimate of drug-likeness (QED) is 0.477. The number of hydrogen-bond acceptors (Lipinski definition) is 4. The summed E-state index contributed by atoms with van der Waals surface area (Å²) < 4.78 is 10.6. The van der Waals surface area contributed by atoms with Crippen LogP contribution in [0, 0.1) is 0 Å². The van der Waals surface area contributed by atoms with Crippen LogP contribution in [-0.4, -0.2) is 50.1 Å². The highest BCUT2D eigenvalue weighted by atomic mass is 35.5. The van der Waals surface area contributed by atoms with Crippen LogP contribution >= 0.6 is 23.2 Å². The Kier molecular flexibility index (Phi) is 7.83. The van der Waals surface area contributed by atoms with E-state index >= 15 is 0 Å². The highest BCUT2D eigenvalue weighted by Crippen LogP contribution is 2.32. The first-order valence-electron chi connectivity index (χ1n) is 11.2. The Hall–Kier alpha value is -3.22. The van der Waals surface area contributed by atoms with Crippen LogP contribution in [0.25, 0.3) is 0 Å². The van der Waals surface area contributed by atoms with E-state index < -0.39 is 0 Å². The molecule has 0 aromatic heterocycles. The van der Waals surface area contributed by atoms with Gasteiger partial charge in [0.05, 0.1) is 24.8 Å². The van der Waals surface area contributed by atoms with Gasteiger partial charge in [-0.15, -0.1) is 0 Å². The van der Waals surface area contributed by atoms with Crippen LogP contribution in [0.15, 0.2) is 66.7 Å². The van der Waals surface area contributed by atoms with E-state index in [9.17, 15) is 9.59 Å². The van der Waals surface area contributed by atoms with Gasteiger partial charge in [0.15, 0.2) is 11.5 Å². The van der Waals surface area contributed by atoms with Crippen molar-refractivity contribution in [3.8, 4) is 11.5 Å². The SMILES string of the molecule is COc1ccc(C(=O)N2CC[C@H](NC(=O)c3ccccc3Cl)[C@@H](c3cccc(Cl)c3)C2)cc1OC. The number of piperidine rings is 1. The summed E-state index contributed by atoms with van der Waals surface area (Å²) in [5.74, 6) is 0.535. The molecule has 4 rings (SSSR count). The van der Waals surface area contributed by atoms with Gasteiger partial charge in [-0.25, -0.2) is 0 Å². The van der Waals surface area contributed by atoms with Crippen molar-refractivity contribution >= 4 is 35.0 Å². The molecular formula is C27H26Cl2N2O4. The lowest BCUT2D eigenvalue weighted by atomic mass is 9.85. The van der Waals surface area contributed by atoms with Gasteiger partial charge in [-0.1, -0.05) is 47.5 Å². The summed E-state index contributed by atoms with van der Waals surface area (Å²) in [4.78, 5) is 28.2. The number of benzene rings is 3. The van der Waals surface area contributed by atoms with E-state index in [1.54, 1.807) is 60.5 Å². The first-order chi connectivity index (χ1) is 16.9. The van der Waals surface area contributed by atoms with Crippen molar-refractivity contribution in [2.24, 2.45) is 0 Å². The van der Waals surface area contributed by atoms with Crippen molar-refractivity contribution in [2.75, 3.05) is 27.3 Å². The molecule has 182 valence electrons. The van der Waals surface area contributed by atoms with Crippen LogP contribution < -0.4 is 14.8 Å². The zero-order chi connectivity index (χ0) is 24.9. The molecule has 3 aromatic carbocycles. The van der Waals surface area contributed by atoms with Crippen LogP contribution in [0.3, 0.4) is 0 Å². The van der Waals surface area contributed by atoms with Crippen LogP contribution in [0.5, 0.6) is 11.5 Å². The predicted molar refractivity (Wildman–Crippen MR) is 137 cm³/mol. The van der Waals surface area contributed by atoms with Gasteiger partial charge in [0.1, 0.15) is 0 Å². The van der Waals surface area contributed by atoms with Gasteiger partial charge in [-0.2, -0.15) is 0 Å². The zero-order valence-electron chi connectivity index (χ0n) is 19.5. The molecule has 0 bridgehead atoms. The maximum atomic E-state index is 13.4. The number of carbonyl (C=O) groups is 2. The first-order valence-corrected chi connectivity index (χ1v) is 12.0. The van der Waals surface area contributed by atoms with Crippen molar-refractivity contribution in [3.05, 3.63) is 93.5 Å². The van der Waals surface area contributed by atoms with E-state index in [1.807, 2.05) is 18.2 Å². The van der Waals surface area contributed by atoms with E-state index in [0.29, 0.717) is 52.2 Å². The normalized spacial score (nSPS) is 17.5. The van der Waals surface area contributed by atoms with Crippen LogP contribution in [0.1, 0.15) is 38.6 Å². The Morgan fingerprint density at radius 1 is 0.943 bits per heavy atom. The van der Waals surface area contributed by atoms with Gasteiger partial charge in [-0.3, -0.25) is 9.59 Å². The lowest BCUT2D eigenvalue weighted by molar-refractivity contribution is 0.0671. The van der Waals surface area contributed by atoms with Crippen LogP contribution in [0.2, 0.25) is 10.0 Å². The third-order valence-corrected chi connectivity index (χ3v) is 6.81. The number of likely N-dealkylation sites (tertiary alicyclic amines) is 1. The molecule has 0 aliphatic carbocycles. The van der Waals surface area contributed by atoms with E-state index in [1.165, 1.54) is 7.11 Å². The van der Waals surface area contributed by atoms with E-state index in [0.717, 1.165) is 5.56 Å². The molecular weight excluding hydrogens is 487 g/mol. The maximum absolute atomic E-state index is 13.4. The van der Waals surface area contributed by atoms with Gasteiger partial charge in [0.25, 0.3) is 11.8 Å². The molecule has 2 atom stereocenters. The lowest BCUT2D eigenvalue weighted by Gasteiger charge is -2.39. The van der Waals surface area contributed by atoms with Gasteiger partial charge >= 0.3 is 0 Å². The van der Waals surface area contributed by atoms with Crippen molar-refractivity contribution in [1.82, 2.24) is 10.2 Å². The number of amides is 2. The summed E-state index contributed by atoms with van der Waals surface area (Å²) in [6.07, 6.45) is 0.576. The Balaban J connectivity index is 1.59. The van der Waals surface area contributed by atoms with Gasteiger partial charge in [0, 0.05) is 35.6 Å². The van der Waals surface area contributed by atoms with Gasteiger partial charge < -0.3 is 19.7 Å². The van der Waals surface area contributed by atoms with E-state index in [4.69, 9.17) is 32.7 Å². The minimum atomic E-state index is -0.243. The number of ether oxygens (including phenoxy) is 2.